The highest BCUT2D eigenvalue weighted by atomic mass is 32.2. The van der Waals surface area contributed by atoms with Crippen molar-refractivity contribution in [3.05, 3.63) is 18.3 Å². The molecular formula is C13H21N3S. The predicted octanol–water partition coefficient (Wildman–Crippen LogP) is 2.85. The van der Waals surface area contributed by atoms with Crippen LogP contribution in [0.5, 0.6) is 0 Å². The lowest BCUT2D eigenvalue weighted by molar-refractivity contribution is 0.647. The Labute approximate surface area is 108 Å². The third-order valence-corrected chi connectivity index (χ3v) is 4.19. The van der Waals surface area contributed by atoms with Crippen molar-refractivity contribution in [2.75, 3.05) is 35.6 Å². The van der Waals surface area contributed by atoms with Crippen LogP contribution < -0.4 is 10.2 Å². The van der Waals surface area contributed by atoms with Crippen molar-refractivity contribution in [3.8, 4) is 0 Å². The molecule has 0 unspecified atom stereocenters. The van der Waals surface area contributed by atoms with Crippen LogP contribution in [0.3, 0.4) is 0 Å². The molecule has 2 heterocycles. The minimum atomic E-state index is 0.347. The Balaban J connectivity index is 2.13. The van der Waals surface area contributed by atoms with Gasteiger partial charge in [-0.3, -0.25) is 0 Å². The van der Waals surface area contributed by atoms with Crippen molar-refractivity contribution in [1.29, 1.82) is 0 Å². The second kappa shape index (κ2) is 5.17. The summed E-state index contributed by atoms with van der Waals surface area (Å²) < 4.78 is 0.347. The van der Waals surface area contributed by atoms with Crippen molar-refractivity contribution in [2.45, 2.75) is 25.5 Å². The van der Waals surface area contributed by atoms with Crippen molar-refractivity contribution in [1.82, 2.24) is 4.98 Å². The fourth-order valence-corrected chi connectivity index (χ4v) is 3.24. The van der Waals surface area contributed by atoms with Crippen LogP contribution in [0, 0.1) is 0 Å². The van der Waals surface area contributed by atoms with Gasteiger partial charge in [0.15, 0.2) is 0 Å². The van der Waals surface area contributed by atoms with Crippen LogP contribution in [-0.4, -0.2) is 35.1 Å². The van der Waals surface area contributed by atoms with Gasteiger partial charge in [-0.1, -0.05) is 0 Å². The monoisotopic (exact) mass is 251 g/mol. The molecule has 1 fully saturated rings. The van der Waals surface area contributed by atoms with Crippen LogP contribution >= 0.6 is 11.8 Å². The molecule has 2 rings (SSSR count). The summed E-state index contributed by atoms with van der Waals surface area (Å²) in [5, 5.41) is 3.26. The maximum absolute atomic E-state index is 4.32. The third kappa shape index (κ3) is 3.28. The van der Waals surface area contributed by atoms with E-state index in [4.69, 9.17) is 0 Å². The van der Waals surface area contributed by atoms with E-state index in [-0.39, 0.29) is 0 Å². The molecule has 4 heteroatoms. The van der Waals surface area contributed by atoms with Gasteiger partial charge < -0.3 is 10.2 Å². The van der Waals surface area contributed by atoms with Crippen molar-refractivity contribution >= 4 is 23.3 Å². The summed E-state index contributed by atoms with van der Waals surface area (Å²) in [6.07, 6.45) is 1.89. The lowest BCUT2D eigenvalue weighted by atomic mass is 10.1. The second-order valence-electron chi connectivity index (χ2n) is 4.96. The molecule has 1 aliphatic heterocycles. The molecule has 0 bridgehead atoms. The SMILES string of the molecule is CCNc1cc(N2CCSC(C)(C)C2)ccn1. The summed E-state index contributed by atoms with van der Waals surface area (Å²) >= 11 is 2.06. The highest BCUT2D eigenvalue weighted by molar-refractivity contribution is 8.00. The number of pyridine rings is 1. The minimum Gasteiger partial charge on any atom is -0.370 e. The fourth-order valence-electron chi connectivity index (χ4n) is 2.13. The molecule has 0 amide bonds. The van der Waals surface area contributed by atoms with Crippen LogP contribution in [-0.2, 0) is 0 Å². The summed E-state index contributed by atoms with van der Waals surface area (Å²) in [6, 6.07) is 4.25. The molecule has 1 aliphatic rings. The first-order valence-electron chi connectivity index (χ1n) is 6.19. The van der Waals surface area contributed by atoms with Crippen molar-refractivity contribution < 1.29 is 0 Å². The second-order valence-corrected chi connectivity index (χ2v) is 6.76. The highest BCUT2D eigenvalue weighted by Crippen LogP contribution is 2.32. The molecule has 94 valence electrons. The quantitative estimate of drug-likeness (QED) is 0.894. The molecule has 0 spiro atoms. The first-order chi connectivity index (χ1) is 8.11. The van der Waals surface area contributed by atoms with E-state index in [0.29, 0.717) is 4.75 Å². The summed E-state index contributed by atoms with van der Waals surface area (Å²) in [6.45, 7) is 9.87. The molecule has 3 nitrogen and oxygen atoms in total. The molecule has 0 saturated carbocycles. The maximum Gasteiger partial charge on any atom is 0.127 e. The Morgan fingerprint density at radius 3 is 3.06 bits per heavy atom. The minimum absolute atomic E-state index is 0.347. The average Bonchev–Trinajstić information content (AvgIpc) is 2.28. The van der Waals surface area contributed by atoms with E-state index in [1.165, 1.54) is 11.4 Å². The number of hydrogen-bond acceptors (Lipinski definition) is 4. The summed E-state index contributed by atoms with van der Waals surface area (Å²) in [5.41, 5.74) is 1.28. The smallest absolute Gasteiger partial charge is 0.127 e. The zero-order chi connectivity index (χ0) is 12.3. The lowest BCUT2D eigenvalue weighted by Gasteiger charge is -2.39. The first-order valence-corrected chi connectivity index (χ1v) is 7.18. The van der Waals surface area contributed by atoms with Crippen LogP contribution in [0.4, 0.5) is 11.5 Å². The summed E-state index contributed by atoms with van der Waals surface area (Å²) in [4.78, 5) is 6.77. The number of nitrogens with zero attached hydrogens (tertiary/aromatic N) is 2. The predicted molar refractivity (Wildman–Crippen MR) is 77.2 cm³/mol. The van der Waals surface area contributed by atoms with Crippen molar-refractivity contribution in [2.24, 2.45) is 0 Å². The molecular weight excluding hydrogens is 230 g/mol. The number of hydrogen-bond donors (Lipinski definition) is 1. The van der Waals surface area contributed by atoms with Crippen LogP contribution in [0.1, 0.15) is 20.8 Å². The molecule has 1 aromatic rings. The number of anilines is 2. The fraction of sp³-hybridized carbons (Fsp3) is 0.615. The lowest BCUT2D eigenvalue weighted by Crippen LogP contribution is -2.43. The van der Waals surface area contributed by atoms with E-state index in [0.717, 1.165) is 25.5 Å². The molecule has 1 N–H and O–H groups in total. The number of thioether (sulfide) groups is 1. The molecule has 1 aromatic heterocycles. The van der Waals surface area contributed by atoms with E-state index < -0.39 is 0 Å². The Morgan fingerprint density at radius 2 is 2.35 bits per heavy atom. The number of aromatic nitrogens is 1. The largest absolute Gasteiger partial charge is 0.370 e. The summed E-state index contributed by atoms with van der Waals surface area (Å²) in [7, 11) is 0. The Morgan fingerprint density at radius 1 is 1.53 bits per heavy atom. The Hall–Kier alpha value is -0.900. The summed E-state index contributed by atoms with van der Waals surface area (Å²) in [5.74, 6) is 2.17. The van der Waals surface area contributed by atoms with Gasteiger partial charge in [0.05, 0.1) is 0 Å². The Kier molecular flexibility index (Phi) is 3.82. The van der Waals surface area contributed by atoms with Crippen LogP contribution in [0.15, 0.2) is 18.3 Å². The molecule has 0 atom stereocenters. The van der Waals surface area contributed by atoms with E-state index >= 15 is 0 Å². The number of nitrogens with one attached hydrogen (secondary N) is 1. The highest BCUT2D eigenvalue weighted by Gasteiger charge is 2.27. The van der Waals surface area contributed by atoms with Crippen LogP contribution in [0.2, 0.25) is 0 Å². The van der Waals surface area contributed by atoms with Gasteiger partial charge in [0, 0.05) is 48.1 Å². The van der Waals surface area contributed by atoms with Gasteiger partial charge in [0.1, 0.15) is 5.82 Å². The molecule has 0 aromatic carbocycles. The van der Waals surface area contributed by atoms with Crippen molar-refractivity contribution in [3.63, 3.8) is 0 Å². The van der Waals surface area contributed by atoms with Gasteiger partial charge in [-0.2, -0.15) is 11.8 Å². The zero-order valence-corrected chi connectivity index (χ0v) is 11.7. The Bertz CT molecular complexity index is 379. The van der Waals surface area contributed by atoms with E-state index in [1.807, 2.05) is 6.20 Å². The van der Waals surface area contributed by atoms with Gasteiger partial charge in [0.2, 0.25) is 0 Å². The van der Waals surface area contributed by atoms with Gasteiger partial charge in [-0.15, -0.1) is 0 Å². The van der Waals surface area contributed by atoms with E-state index in [2.05, 4.69) is 59.9 Å². The topological polar surface area (TPSA) is 28.2 Å². The van der Waals surface area contributed by atoms with Gasteiger partial charge in [0.25, 0.3) is 0 Å². The third-order valence-electron chi connectivity index (χ3n) is 2.89. The van der Waals surface area contributed by atoms with E-state index in [1.54, 1.807) is 0 Å². The first kappa shape index (κ1) is 12.6. The normalized spacial score (nSPS) is 19.1. The molecule has 0 radical (unpaired) electrons. The molecule has 0 aliphatic carbocycles. The average molecular weight is 251 g/mol. The van der Waals surface area contributed by atoms with Gasteiger partial charge >= 0.3 is 0 Å². The zero-order valence-electron chi connectivity index (χ0n) is 10.9. The maximum atomic E-state index is 4.32. The molecule has 1 saturated heterocycles. The van der Waals surface area contributed by atoms with E-state index in [9.17, 15) is 0 Å². The molecule has 17 heavy (non-hydrogen) atoms. The van der Waals surface area contributed by atoms with Gasteiger partial charge in [-0.05, 0) is 26.8 Å². The van der Waals surface area contributed by atoms with Gasteiger partial charge in [-0.25, -0.2) is 4.98 Å². The standard InChI is InChI=1S/C13H21N3S/c1-4-14-12-9-11(5-6-15-12)16-7-8-17-13(2,3)10-16/h5-6,9H,4,7-8,10H2,1-3H3,(H,14,15). The number of rotatable bonds is 3. The van der Waals surface area contributed by atoms with Crippen LogP contribution in [0.25, 0.3) is 0 Å².